The molecular weight excluding hydrogens is 338 g/mol. The molecule has 2 fully saturated rings. The topological polar surface area (TPSA) is 90.9 Å². The molecule has 1 saturated heterocycles. The predicted octanol–water partition coefficient (Wildman–Crippen LogP) is 1.45. The Balaban J connectivity index is 1.96. The van der Waals surface area contributed by atoms with Crippen molar-refractivity contribution in [3.05, 3.63) is 36.4 Å². The fourth-order valence-corrected chi connectivity index (χ4v) is 4.69. The lowest BCUT2D eigenvalue weighted by atomic mass is 9.39. The summed E-state index contributed by atoms with van der Waals surface area (Å²) in [7, 11) is 0. The van der Waals surface area contributed by atoms with Crippen molar-refractivity contribution in [2.75, 3.05) is 13.4 Å². The van der Waals surface area contributed by atoms with Gasteiger partial charge in [-0.05, 0) is 31.0 Å². The van der Waals surface area contributed by atoms with E-state index >= 15 is 0 Å². The molecule has 1 aromatic carbocycles. The number of rotatable bonds is 4. The highest BCUT2D eigenvalue weighted by molar-refractivity contribution is 6.45. The molecule has 2 heterocycles. The van der Waals surface area contributed by atoms with Crippen molar-refractivity contribution in [1.82, 2.24) is 5.32 Å². The number of amides is 1. The molecule has 0 bridgehead atoms. The summed E-state index contributed by atoms with van der Waals surface area (Å²) < 4.78 is 16.0. The van der Waals surface area contributed by atoms with E-state index in [1.165, 1.54) is 0 Å². The average molecular weight is 357 g/mol. The molecule has 0 unspecified atom stereocenters. The lowest BCUT2D eigenvalue weighted by molar-refractivity contribution is -0.188. The van der Waals surface area contributed by atoms with Crippen LogP contribution in [0.5, 0.6) is 11.5 Å². The molecule has 1 N–H and O–H groups in total. The molecule has 7 heteroatoms. The van der Waals surface area contributed by atoms with Crippen molar-refractivity contribution >= 4 is 17.7 Å². The number of nitrogens with one attached hydrogen (secondary N) is 1. The lowest BCUT2D eigenvalue weighted by Gasteiger charge is -2.62. The van der Waals surface area contributed by atoms with E-state index in [-0.39, 0.29) is 19.8 Å². The Morgan fingerprint density at radius 2 is 2.08 bits per heavy atom. The van der Waals surface area contributed by atoms with Crippen LogP contribution in [0.4, 0.5) is 0 Å². The molecule has 2 aliphatic heterocycles. The van der Waals surface area contributed by atoms with Crippen molar-refractivity contribution in [2.24, 2.45) is 10.8 Å². The maximum atomic E-state index is 12.9. The second kappa shape index (κ2) is 5.09. The highest BCUT2D eigenvalue weighted by Crippen LogP contribution is 2.71. The van der Waals surface area contributed by atoms with Gasteiger partial charge < -0.3 is 19.5 Å². The maximum Gasteiger partial charge on any atom is 0.323 e. The zero-order valence-corrected chi connectivity index (χ0v) is 14.6. The van der Waals surface area contributed by atoms with Gasteiger partial charge in [0.15, 0.2) is 16.9 Å². The molecule has 0 aromatic heterocycles. The number of Topliss-reactive ketones (excluding diaryl/α,β-unsaturated/α-hetero) is 1. The quantitative estimate of drug-likeness (QED) is 0.380. The third-order valence-corrected chi connectivity index (χ3v) is 5.90. The van der Waals surface area contributed by atoms with Gasteiger partial charge in [0.05, 0.1) is 12.1 Å². The standard InChI is InChI=1S/C19H19NO6/c1-4-17(3)9-18(16(23)24-5-2)14(21)15(22)20-19(17,18)11-6-7-12-13(8-11)26-10-25-12/h4,6-8H,1,5,9-10H2,2-3H3,(H,20,22)/t17-,18+,19+/m0/s1. The molecule has 7 nitrogen and oxygen atoms in total. The van der Waals surface area contributed by atoms with Crippen LogP contribution in [-0.4, -0.2) is 31.1 Å². The summed E-state index contributed by atoms with van der Waals surface area (Å²) in [5, 5.41) is 2.79. The SMILES string of the molecule is C=C[C@@]1(C)C[C@]2(C(=O)OCC)C(=O)C(=O)N[C@@]21c1ccc2c(c1)OCO2. The normalized spacial score (nSPS) is 33.9. The first-order valence-electron chi connectivity index (χ1n) is 8.44. The summed E-state index contributed by atoms with van der Waals surface area (Å²) >= 11 is 0. The average Bonchev–Trinajstić information content (AvgIpc) is 3.16. The van der Waals surface area contributed by atoms with E-state index in [0.29, 0.717) is 17.1 Å². The van der Waals surface area contributed by atoms with Gasteiger partial charge in [-0.1, -0.05) is 19.1 Å². The van der Waals surface area contributed by atoms with Crippen LogP contribution in [-0.2, 0) is 24.7 Å². The van der Waals surface area contributed by atoms with Crippen LogP contribution in [0, 0.1) is 10.8 Å². The monoisotopic (exact) mass is 357 g/mol. The zero-order chi connectivity index (χ0) is 18.7. The highest BCUT2D eigenvalue weighted by Gasteiger charge is 2.83. The van der Waals surface area contributed by atoms with Gasteiger partial charge in [-0.25, -0.2) is 0 Å². The van der Waals surface area contributed by atoms with Crippen LogP contribution < -0.4 is 14.8 Å². The van der Waals surface area contributed by atoms with E-state index in [1.807, 2.05) is 6.92 Å². The number of carbonyl (C=O) groups is 3. The minimum atomic E-state index is -1.61. The molecule has 3 atom stereocenters. The summed E-state index contributed by atoms with van der Waals surface area (Å²) in [6.07, 6.45) is 1.82. The second-order valence-electron chi connectivity index (χ2n) is 7.03. The molecule has 4 rings (SSSR count). The molecule has 136 valence electrons. The van der Waals surface area contributed by atoms with E-state index < -0.39 is 34.0 Å². The predicted molar refractivity (Wildman–Crippen MR) is 89.4 cm³/mol. The van der Waals surface area contributed by atoms with E-state index in [1.54, 1.807) is 31.2 Å². The Labute approximate surface area is 150 Å². The third kappa shape index (κ3) is 1.61. The van der Waals surface area contributed by atoms with E-state index in [2.05, 4.69) is 11.9 Å². The highest BCUT2D eigenvalue weighted by atomic mass is 16.7. The number of carbonyl (C=O) groups excluding carboxylic acids is 3. The molecule has 26 heavy (non-hydrogen) atoms. The largest absolute Gasteiger partial charge is 0.465 e. The Hall–Kier alpha value is -2.83. The number of ether oxygens (including phenoxy) is 3. The summed E-state index contributed by atoms with van der Waals surface area (Å²) in [6, 6.07) is 5.15. The van der Waals surface area contributed by atoms with Gasteiger partial charge in [-0.2, -0.15) is 0 Å². The van der Waals surface area contributed by atoms with Gasteiger partial charge in [-0.15, -0.1) is 6.58 Å². The molecule has 0 radical (unpaired) electrons. The van der Waals surface area contributed by atoms with Crippen LogP contribution in [0.3, 0.4) is 0 Å². The van der Waals surface area contributed by atoms with Gasteiger partial charge in [-0.3, -0.25) is 14.4 Å². The molecule has 1 aliphatic carbocycles. The van der Waals surface area contributed by atoms with Crippen LogP contribution in [0.15, 0.2) is 30.9 Å². The summed E-state index contributed by atoms with van der Waals surface area (Å²) in [4.78, 5) is 38.1. The van der Waals surface area contributed by atoms with Crippen LogP contribution >= 0.6 is 0 Å². The number of ketones is 1. The van der Waals surface area contributed by atoms with Gasteiger partial charge in [0.1, 0.15) is 0 Å². The fourth-order valence-electron chi connectivity index (χ4n) is 4.69. The number of hydrogen-bond acceptors (Lipinski definition) is 6. The van der Waals surface area contributed by atoms with Crippen molar-refractivity contribution in [2.45, 2.75) is 25.8 Å². The molecule has 1 aromatic rings. The smallest absolute Gasteiger partial charge is 0.323 e. The second-order valence-corrected chi connectivity index (χ2v) is 7.03. The van der Waals surface area contributed by atoms with Crippen LogP contribution in [0.25, 0.3) is 0 Å². The number of fused-ring (bicyclic) bond motifs is 2. The Bertz CT molecular complexity index is 864. The summed E-state index contributed by atoms with van der Waals surface area (Å²) in [6.45, 7) is 7.61. The molecule has 1 saturated carbocycles. The lowest BCUT2D eigenvalue weighted by Crippen LogP contribution is -2.73. The molecule has 1 amide bonds. The first-order chi connectivity index (χ1) is 12.4. The zero-order valence-electron chi connectivity index (χ0n) is 14.6. The van der Waals surface area contributed by atoms with Crippen molar-refractivity contribution in [1.29, 1.82) is 0 Å². The van der Waals surface area contributed by atoms with Crippen molar-refractivity contribution in [3.63, 3.8) is 0 Å². The molecule has 0 spiro atoms. The minimum Gasteiger partial charge on any atom is -0.465 e. The number of hydrogen-bond donors (Lipinski definition) is 1. The van der Waals surface area contributed by atoms with E-state index in [9.17, 15) is 14.4 Å². The van der Waals surface area contributed by atoms with Crippen LogP contribution in [0.1, 0.15) is 25.8 Å². The number of benzene rings is 1. The third-order valence-electron chi connectivity index (χ3n) is 5.90. The Morgan fingerprint density at radius 1 is 1.35 bits per heavy atom. The number of esters is 1. The first kappa shape index (κ1) is 16.6. The van der Waals surface area contributed by atoms with Gasteiger partial charge in [0.2, 0.25) is 12.6 Å². The summed E-state index contributed by atoms with van der Waals surface area (Å²) in [5.74, 6) is -1.18. The van der Waals surface area contributed by atoms with E-state index in [0.717, 1.165) is 0 Å². The first-order valence-corrected chi connectivity index (χ1v) is 8.44. The minimum absolute atomic E-state index is 0.0961. The van der Waals surface area contributed by atoms with Gasteiger partial charge >= 0.3 is 5.97 Å². The molecule has 3 aliphatic rings. The summed E-state index contributed by atoms with van der Waals surface area (Å²) in [5.41, 5.74) is -3.02. The Kier molecular flexibility index (Phi) is 3.26. The van der Waals surface area contributed by atoms with Gasteiger partial charge in [0, 0.05) is 5.41 Å². The van der Waals surface area contributed by atoms with Crippen molar-refractivity contribution < 1.29 is 28.6 Å². The van der Waals surface area contributed by atoms with Crippen LogP contribution in [0.2, 0.25) is 0 Å². The Morgan fingerprint density at radius 3 is 2.77 bits per heavy atom. The van der Waals surface area contributed by atoms with E-state index in [4.69, 9.17) is 14.2 Å². The van der Waals surface area contributed by atoms with Crippen molar-refractivity contribution in [3.8, 4) is 11.5 Å². The van der Waals surface area contributed by atoms with Gasteiger partial charge in [0.25, 0.3) is 5.91 Å². The maximum absolute atomic E-state index is 12.9. The fraction of sp³-hybridized carbons (Fsp3) is 0.421. The molecular formula is C19H19NO6.